The molecule has 29 heavy (non-hydrogen) atoms. The molecule has 0 atom stereocenters. The minimum Gasteiger partial charge on any atom is -0.497 e. The van der Waals surface area contributed by atoms with E-state index >= 15 is 0 Å². The van der Waals surface area contributed by atoms with E-state index in [0.29, 0.717) is 31.1 Å². The van der Waals surface area contributed by atoms with Gasteiger partial charge in [0.2, 0.25) is 10.0 Å². The normalized spacial score (nSPS) is 15.4. The van der Waals surface area contributed by atoms with Gasteiger partial charge < -0.3 is 14.4 Å². The molecule has 0 amide bonds. The van der Waals surface area contributed by atoms with Crippen LogP contribution < -0.4 is 14.4 Å². The van der Waals surface area contributed by atoms with Crippen LogP contribution in [0.4, 0.5) is 5.69 Å². The van der Waals surface area contributed by atoms with Crippen molar-refractivity contribution < 1.29 is 17.9 Å². The molecule has 3 rings (SSSR count). The standard InChI is InChI=1S/C22H30N2O4S/c1-15-13-16(2)18(4)22(17(15)3)29(25,26)24-11-9-23(10-12-24)20-8-7-19(27-5)14-21(20)28-6/h7-8,13-14H,9-12H2,1-6H3. The predicted octanol–water partition coefficient (Wildman–Crippen LogP) is 3.45. The molecule has 1 heterocycles. The van der Waals surface area contributed by atoms with Crippen molar-refractivity contribution in [2.75, 3.05) is 45.3 Å². The van der Waals surface area contributed by atoms with Crippen LogP contribution >= 0.6 is 0 Å². The van der Waals surface area contributed by atoms with Crippen LogP contribution in [0.25, 0.3) is 0 Å². The predicted molar refractivity (Wildman–Crippen MR) is 116 cm³/mol. The summed E-state index contributed by atoms with van der Waals surface area (Å²) in [7, 11) is -0.295. The Bertz CT molecular complexity index is 984. The van der Waals surface area contributed by atoms with Crippen molar-refractivity contribution in [3.63, 3.8) is 0 Å². The molecule has 1 fully saturated rings. The van der Waals surface area contributed by atoms with E-state index in [1.54, 1.807) is 18.5 Å². The quantitative estimate of drug-likeness (QED) is 0.744. The minimum atomic E-state index is -3.54. The molecule has 1 saturated heterocycles. The number of nitrogens with zero attached hydrogens (tertiary/aromatic N) is 2. The summed E-state index contributed by atoms with van der Waals surface area (Å²) < 4.78 is 39.3. The fourth-order valence-electron chi connectivity index (χ4n) is 3.91. The van der Waals surface area contributed by atoms with E-state index in [0.717, 1.165) is 39.4 Å². The highest BCUT2D eigenvalue weighted by atomic mass is 32.2. The van der Waals surface area contributed by atoms with Gasteiger partial charge in [0, 0.05) is 32.2 Å². The van der Waals surface area contributed by atoms with Crippen LogP contribution in [0, 0.1) is 27.7 Å². The maximum atomic E-state index is 13.4. The third kappa shape index (κ3) is 3.94. The molecule has 2 aromatic carbocycles. The molecule has 6 nitrogen and oxygen atoms in total. The highest BCUT2D eigenvalue weighted by Gasteiger charge is 2.32. The molecule has 1 aliphatic rings. The Balaban J connectivity index is 1.85. The maximum Gasteiger partial charge on any atom is 0.243 e. The second-order valence-corrected chi connectivity index (χ2v) is 9.39. The third-order valence-electron chi connectivity index (χ3n) is 5.86. The molecule has 0 radical (unpaired) electrons. The first-order valence-corrected chi connectivity index (χ1v) is 11.2. The van der Waals surface area contributed by atoms with Crippen LogP contribution in [0.1, 0.15) is 22.3 Å². The number of benzene rings is 2. The van der Waals surface area contributed by atoms with Crippen molar-refractivity contribution in [1.82, 2.24) is 4.31 Å². The molecule has 0 bridgehead atoms. The van der Waals surface area contributed by atoms with Crippen molar-refractivity contribution in [3.8, 4) is 11.5 Å². The van der Waals surface area contributed by atoms with Crippen LogP contribution in [0.15, 0.2) is 29.2 Å². The van der Waals surface area contributed by atoms with Crippen LogP contribution in [-0.2, 0) is 10.0 Å². The van der Waals surface area contributed by atoms with E-state index in [4.69, 9.17) is 9.47 Å². The Morgan fingerprint density at radius 1 is 0.828 bits per heavy atom. The lowest BCUT2D eigenvalue weighted by Gasteiger charge is -2.36. The third-order valence-corrected chi connectivity index (χ3v) is 8.03. The van der Waals surface area contributed by atoms with Crippen molar-refractivity contribution in [1.29, 1.82) is 0 Å². The highest BCUT2D eigenvalue weighted by molar-refractivity contribution is 7.89. The maximum absolute atomic E-state index is 13.4. The second kappa shape index (κ2) is 8.24. The lowest BCUT2D eigenvalue weighted by atomic mass is 10.0. The largest absolute Gasteiger partial charge is 0.497 e. The SMILES string of the molecule is COc1ccc(N2CCN(S(=O)(=O)c3c(C)c(C)cc(C)c3C)CC2)c(OC)c1. The fourth-order valence-corrected chi connectivity index (χ4v) is 5.91. The lowest BCUT2D eigenvalue weighted by Crippen LogP contribution is -2.49. The monoisotopic (exact) mass is 418 g/mol. The molecule has 0 spiro atoms. The van der Waals surface area contributed by atoms with Crippen LogP contribution in [0.2, 0.25) is 0 Å². The van der Waals surface area contributed by atoms with E-state index < -0.39 is 10.0 Å². The lowest BCUT2D eigenvalue weighted by molar-refractivity contribution is 0.375. The Hall–Kier alpha value is -2.25. The van der Waals surface area contributed by atoms with Gasteiger partial charge in [0.15, 0.2) is 0 Å². The number of aryl methyl sites for hydroxylation is 2. The number of hydrogen-bond acceptors (Lipinski definition) is 5. The molecule has 0 N–H and O–H groups in total. The first-order valence-electron chi connectivity index (χ1n) is 9.75. The molecule has 7 heteroatoms. The van der Waals surface area contributed by atoms with Gasteiger partial charge in [0.25, 0.3) is 0 Å². The summed E-state index contributed by atoms with van der Waals surface area (Å²) in [5.41, 5.74) is 4.64. The van der Waals surface area contributed by atoms with Crippen LogP contribution in [0.5, 0.6) is 11.5 Å². The number of anilines is 1. The Morgan fingerprint density at radius 3 is 1.93 bits per heavy atom. The van der Waals surface area contributed by atoms with Gasteiger partial charge in [-0.25, -0.2) is 8.42 Å². The highest BCUT2D eigenvalue weighted by Crippen LogP contribution is 2.34. The second-order valence-electron chi connectivity index (χ2n) is 7.52. The molecule has 158 valence electrons. The molecular weight excluding hydrogens is 388 g/mol. The van der Waals surface area contributed by atoms with Crippen LogP contribution in [-0.4, -0.2) is 53.1 Å². The van der Waals surface area contributed by atoms with E-state index in [2.05, 4.69) is 11.0 Å². The van der Waals surface area contributed by atoms with Gasteiger partial charge in [-0.2, -0.15) is 4.31 Å². The average molecular weight is 419 g/mol. The number of methoxy groups -OCH3 is 2. The number of piperazine rings is 1. The smallest absolute Gasteiger partial charge is 0.243 e. The first-order chi connectivity index (χ1) is 13.7. The average Bonchev–Trinajstić information content (AvgIpc) is 2.72. The van der Waals surface area contributed by atoms with Crippen molar-refractivity contribution >= 4 is 15.7 Å². The number of ether oxygens (including phenoxy) is 2. The van der Waals surface area contributed by atoms with E-state index in [1.807, 2.05) is 45.9 Å². The summed E-state index contributed by atoms with van der Waals surface area (Å²) in [5, 5.41) is 0. The number of hydrogen-bond donors (Lipinski definition) is 0. The van der Waals surface area contributed by atoms with Crippen molar-refractivity contribution in [2.24, 2.45) is 0 Å². The molecular formula is C22H30N2O4S. The van der Waals surface area contributed by atoms with Gasteiger partial charge in [-0.15, -0.1) is 0 Å². The summed E-state index contributed by atoms with van der Waals surface area (Å²) in [5.74, 6) is 1.45. The zero-order valence-electron chi connectivity index (χ0n) is 18.1. The summed E-state index contributed by atoms with van der Waals surface area (Å²) in [4.78, 5) is 2.62. The summed E-state index contributed by atoms with van der Waals surface area (Å²) >= 11 is 0. The molecule has 2 aromatic rings. The Morgan fingerprint density at radius 2 is 1.41 bits per heavy atom. The van der Waals surface area contributed by atoms with Crippen molar-refractivity contribution in [3.05, 3.63) is 46.5 Å². The van der Waals surface area contributed by atoms with E-state index in [1.165, 1.54) is 0 Å². The van der Waals surface area contributed by atoms with E-state index in [9.17, 15) is 8.42 Å². The van der Waals surface area contributed by atoms with E-state index in [-0.39, 0.29) is 0 Å². The number of rotatable bonds is 5. The van der Waals surface area contributed by atoms with Gasteiger partial charge in [-0.1, -0.05) is 6.07 Å². The molecule has 0 saturated carbocycles. The van der Waals surface area contributed by atoms with Crippen LogP contribution in [0.3, 0.4) is 0 Å². The number of sulfonamides is 1. The molecule has 0 unspecified atom stereocenters. The molecule has 0 aliphatic carbocycles. The Kier molecular flexibility index (Phi) is 6.10. The summed E-state index contributed by atoms with van der Waals surface area (Å²) in [6.45, 7) is 9.80. The van der Waals surface area contributed by atoms with Gasteiger partial charge in [0.1, 0.15) is 11.5 Å². The minimum absolute atomic E-state index is 0.434. The first kappa shape index (κ1) is 21.5. The topological polar surface area (TPSA) is 59.1 Å². The van der Waals surface area contributed by atoms with Gasteiger partial charge in [-0.3, -0.25) is 0 Å². The fraction of sp³-hybridized carbons (Fsp3) is 0.455. The molecule has 0 aromatic heterocycles. The zero-order valence-corrected chi connectivity index (χ0v) is 18.9. The zero-order chi connectivity index (χ0) is 21.3. The summed E-state index contributed by atoms with van der Waals surface area (Å²) in [6, 6.07) is 7.75. The van der Waals surface area contributed by atoms with Gasteiger partial charge in [0.05, 0.1) is 24.8 Å². The van der Waals surface area contributed by atoms with Gasteiger partial charge >= 0.3 is 0 Å². The van der Waals surface area contributed by atoms with Gasteiger partial charge in [-0.05, 0) is 62.1 Å². The summed E-state index contributed by atoms with van der Waals surface area (Å²) in [6.07, 6.45) is 0. The molecule has 1 aliphatic heterocycles. The Labute approximate surface area is 174 Å². The van der Waals surface area contributed by atoms with Crippen molar-refractivity contribution in [2.45, 2.75) is 32.6 Å².